The van der Waals surface area contributed by atoms with Crippen LogP contribution in [0.3, 0.4) is 0 Å². The van der Waals surface area contributed by atoms with E-state index in [0.717, 1.165) is 24.7 Å². The first-order valence-corrected chi connectivity index (χ1v) is 14.9. The second-order valence-electron chi connectivity index (χ2n) is 12.0. The van der Waals surface area contributed by atoms with Gasteiger partial charge in [-0.1, -0.05) is 107 Å². The molecule has 2 unspecified atom stereocenters. The Bertz CT molecular complexity index is 842. The zero-order valence-electron chi connectivity index (χ0n) is 22.4. The van der Waals surface area contributed by atoms with Crippen molar-refractivity contribution in [2.24, 2.45) is 23.7 Å². The summed E-state index contributed by atoms with van der Waals surface area (Å²) in [4.78, 5) is 0. The molecule has 2 saturated carbocycles. The maximum atomic E-state index is 15.2. The molecule has 2 atom stereocenters. The van der Waals surface area contributed by atoms with E-state index >= 15 is 4.39 Å². The van der Waals surface area contributed by atoms with E-state index < -0.39 is 6.17 Å². The highest BCUT2D eigenvalue weighted by atomic mass is 19.1. The number of alkyl halides is 1. The fourth-order valence-electron chi connectivity index (χ4n) is 7.23. The molecule has 0 aliphatic heterocycles. The van der Waals surface area contributed by atoms with Crippen LogP contribution in [0.15, 0.2) is 54.6 Å². The zero-order valence-corrected chi connectivity index (χ0v) is 22.4. The third kappa shape index (κ3) is 7.68. The summed E-state index contributed by atoms with van der Waals surface area (Å²) in [7, 11) is 0. The van der Waals surface area contributed by atoms with E-state index in [1.807, 2.05) is 0 Å². The van der Waals surface area contributed by atoms with Gasteiger partial charge in [-0.3, -0.25) is 0 Å². The first-order chi connectivity index (χ1) is 17.1. The molecule has 35 heavy (non-hydrogen) atoms. The lowest BCUT2D eigenvalue weighted by Gasteiger charge is -2.34. The normalized spacial score (nSPS) is 26.8. The van der Waals surface area contributed by atoms with Crippen LogP contribution >= 0.6 is 0 Å². The molecule has 0 bridgehead atoms. The molecule has 0 heterocycles. The summed E-state index contributed by atoms with van der Waals surface area (Å²) < 4.78 is 15.2. The van der Waals surface area contributed by atoms with Crippen molar-refractivity contribution in [1.29, 1.82) is 0 Å². The molecule has 0 nitrogen and oxygen atoms in total. The lowest BCUT2D eigenvalue weighted by Crippen LogP contribution is -2.24. The topological polar surface area (TPSA) is 0 Å². The molecule has 0 spiro atoms. The van der Waals surface area contributed by atoms with Crippen LogP contribution in [0.4, 0.5) is 4.39 Å². The molecule has 2 fully saturated rings. The zero-order chi connectivity index (χ0) is 24.5. The Hall–Kier alpha value is -1.63. The summed E-state index contributed by atoms with van der Waals surface area (Å²) in [5.74, 6) is 3.46. The summed E-state index contributed by atoms with van der Waals surface area (Å²) in [6.07, 6.45) is 16.8. The Morgan fingerprint density at radius 3 is 2.14 bits per heavy atom. The first kappa shape index (κ1) is 26.4. The summed E-state index contributed by atoms with van der Waals surface area (Å²) in [6.45, 7) is 4.63. The molecule has 0 saturated heterocycles. The largest absolute Gasteiger partial charge is 0.247 e. The van der Waals surface area contributed by atoms with E-state index in [1.54, 1.807) is 0 Å². The standard InChI is InChI=1S/C34H49F/c1-3-4-6-11-27-16-20-29(21-17-27)26(2)24-32(35)25-28-18-22-31(23-19-28)34-15-10-9-14-33(34)30-12-7-5-8-13-30/h5,7-10,12-15,26-29,31-32H,3-4,6,11,16-25H2,1-2H3. The highest BCUT2D eigenvalue weighted by Gasteiger charge is 2.29. The Balaban J connectivity index is 1.20. The lowest BCUT2D eigenvalue weighted by atomic mass is 9.72. The Morgan fingerprint density at radius 2 is 1.43 bits per heavy atom. The number of benzene rings is 2. The number of hydrogen-bond acceptors (Lipinski definition) is 0. The van der Waals surface area contributed by atoms with Crippen LogP contribution in [0, 0.1) is 23.7 Å². The molecule has 4 rings (SSSR count). The molecule has 2 aliphatic rings. The van der Waals surface area contributed by atoms with Gasteiger partial charge in [0.2, 0.25) is 0 Å². The SMILES string of the molecule is CCCCCC1CCC(C(C)CC(F)CC2CCC(c3ccccc3-c3ccccc3)CC2)CC1. The molecule has 0 radical (unpaired) electrons. The van der Waals surface area contributed by atoms with E-state index in [-0.39, 0.29) is 0 Å². The number of hydrogen-bond donors (Lipinski definition) is 0. The average molecular weight is 477 g/mol. The highest BCUT2D eigenvalue weighted by Crippen LogP contribution is 2.42. The van der Waals surface area contributed by atoms with Crippen molar-refractivity contribution in [3.8, 4) is 11.1 Å². The second-order valence-corrected chi connectivity index (χ2v) is 12.0. The molecular weight excluding hydrogens is 427 g/mol. The summed E-state index contributed by atoms with van der Waals surface area (Å²) >= 11 is 0. The van der Waals surface area contributed by atoms with Gasteiger partial charge in [-0.05, 0) is 97.6 Å². The van der Waals surface area contributed by atoms with Crippen molar-refractivity contribution >= 4 is 0 Å². The van der Waals surface area contributed by atoms with Crippen molar-refractivity contribution in [2.75, 3.05) is 0 Å². The van der Waals surface area contributed by atoms with Crippen LogP contribution in [0.5, 0.6) is 0 Å². The number of halogens is 1. The molecule has 0 amide bonds. The Labute approximate surface area is 215 Å². The maximum absolute atomic E-state index is 15.2. The van der Waals surface area contributed by atoms with Gasteiger partial charge in [0.1, 0.15) is 6.17 Å². The third-order valence-electron chi connectivity index (χ3n) is 9.46. The maximum Gasteiger partial charge on any atom is 0.101 e. The molecule has 1 heteroatoms. The minimum absolute atomic E-state index is 0.552. The van der Waals surface area contributed by atoms with Gasteiger partial charge in [-0.15, -0.1) is 0 Å². The van der Waals surface area contributed by atoms with Gasteiger partial charge in [0.05, 0.1) is 0 Å². The van der Waals surface area contributed by atoms with E-state index in [9.17, 15) is 0 Å². The van der Waals surface area contributed by atoms with Crippen molar-refractivity contribution in [3.63, 3.8) is 0 Å². The highest BCUT2D eigenvalue weighted by molar-refractivity contribution is 5.68. The Morgan fingerprint density at radius 1 is 0.771 bits per heavy atom. The molecule has 0 aromatic heterocycles. The Kier molecular flexibility index (Phi) is 10.3. The van der Waals surface area contributed by atoms with Crippen molar-refractivity contribution in [3.05, 3.63) is 60.2 Å². The van der Waals surface area contributed by atoms with Crippen molar-refractivity contribution < 1.29 is 4.39 Å². The smallest absolute Gasteiger partial charge is 0.101 e. The van der Waals surface area contributed by atoms with Crippen LogP contribution in [0.2, 0.25) is 0 Å². The van der Waals surface area contributed by atoms with Gasteiger partial charge < -0.3 is 0 Å². The molecule has 2 aromatic rings. The minimum Gasteiger partial charge on any atom is -0.247 e. The van der Waals surface area contributed by atoms with Gasteiger partial charge >= 0.3 is 0 Å². The molecular formula is C34H49F. The molecule has 192 valence electrons. The van der Waals surface area contributed by atoms with E-state index in [1.165, 1.54) is 93.7 Å². The van der Waals surface area contributed by atoms with Crippen molar-refractivity contribution in [1.82, 2.24) is 0 Å². The van der Waals surface area contributed by atoms with Gasteiger partial charge in [0, 0.05) is 0 Å². The van der Waals surface area contributed by atoms with Gasteiger partial charge in [-0.2, -0.15) is 0 Å². The quantitative estimate of drug-likeness (QED) is 0.283. The van der Waals surface area contributed by atoms with Crippen LogP contribution < -0.4 is 0 Å². The monoisotopic (exact) mass is 476 g/mol. The average Bonchev–Trinajstić information content (AvgIpc) is 2.90. The fourth-order valence-corrected chi connectivity index (χ4v) is 7.23. The predicted octanol–water partition coefficient (Wildman–Crippen LogP) is 10.8. The van der Waals surface area contributed by atoms with Gasteiger partial charge in [0.15, 0.2) is 0 Å². The fraction of sp³-hybridized carbons (Fsp3) is 0.647. The van der Waals surface area contributed by atoms with Crippen molar-refractivity contribution in [2.45, 2.75) is 116 Å². The summed E-state index contributed by atoms with van der Waals surface area (Å²) in [5.41, 5.74) is 4.19. The van der Waals surface area contributed by atoms with Gasteiger partial charge in [-0.25, -0.2) is 4.39 Å². The first-order valence-electron chi connectivity index (χ1n) is 14.9. The minimum atomic E-state index is -0.606. The van der Waals surface area contributed by atoms with E-state index in [2.05, 4.69) is 68.4 Å². The molecule has 0 N–H and O–H groups in total. The second kappa shape index (κ2) is 13.6. The molecule has 2 aliphatic carbocycles. The third-order valence-corrected chi connectivity index (χ3v) is 9.46. The number of unbranched alkanes of at least 4 members (excludes halogenated alkanes) is 2. The van der Waals surface area contributed by atoms with Crippen LogP contribution in [0.25, 0.3) is 11.1 Å². The number of rotatable bonds is 11. The van der Waals surface area contributed by atoms with E-state index in [0.29, 0.717) is 17.8 Å². The van der Waals surface area contributed by atoms with E-state index in [4.69, 9.17) is 0 Å². The predicted molar refractivity (Wildman–Crippen MR) is 149 cm³/mol. The molecule has 2 aromatic carbocycles. The van der Waals surface area contributed by atoms with Crippen LogP contribution in [0.1, 0.15) is 115 Å². The lowest BCUT2D eigenvalue weighted by molar-refractivity contribution is 0.145. The summed E-state index contributed by atoms with van der Waals surface area (Å²) in [5, 5.41) is 0. The van der Waals surface area contributed by atoms with Crippen LogP contribution in [-0.4, -0.2) is 6.17 Å². The van der Waals surface area contributed by atoms with Gasteiger partial charge in [0.25, 0.3) is 0 Å². The summed E-state index contributed by atoms with van der Waals surface area (Å²) in [6, 6.07) is 19.7. The van der Waals surface area contributed by atoms with Crippen LogP contribution in [-0.2, 0) is 0 Å².